The Hall–Kier alpha value is -1.43. The van der Waals surface area contributed by atoms with Crippen LogP contribution in [-0.4, -0.2) is 76.6 Å². The van der Waals surface area contributed by atoms with E-state index in [4.69, 9.17) is 9.15 Å². The normalized spacial score (nSPS) is 22.3. The third-order valence-electron chi connectivity index (χ3n) is 4.60. The van der Waals surface area contributed by atoms with Crippen LogP contribution in [0.4, 0.5) is 0 Å². The summed E-state index contributed by atoms with van der Waals surface area (Å²) in [6.07, 6.45) is 1.46. The molecule has 0 aliphatic carbocycles. The van der Waals surface area contributed by atoms with Crippen molar-refractivity contribution in [3.63, 3.8) is 0 Å². The van der Waals surface area contributed by atoms with Gasteiger partial charge >= 0.3 is 0 Å². The number of nitrogens with zero attached hydrogens (tertiary/aromatic N) is 2. The second-order valence-corrected chi connectivity index (χ2v) is 10.8. The van der Waals surface area contributed by atoms with Crippen molar-refractivity contribution < 1.29 is 30.8 Å². The average molecular weight is 421 g/mol. The maximum absolute atomic E-state index is 12.4. The van der Waals surface area contributed by atoms with E-state index in [0.717, 1.165) is 12.8 Å². The van der Waals surface area contributed by atoms with Crippen molar-refractivity contribution >= 4 is 25.8 Å². The zero-order valence-corrected chi connectivity index (χ0v) is 16.8. The monoisotopic (exact) mass is 420 g/mol. The van der Waals surface area contributed by atoms with E-state index in [1.54, 1.807) is 0 Å². The summed E-state index contributed by atoms with van der Waals surface area (Å²) in [5.74, 6) is -1.64. The highest BCUT2D eigenvalue weighted by molar-refractivity contribution is 7.91. The molecule has 1 atom stereocenters. The molecule has 27 heavy (non-hydrogen) atoms. The van der Waals surface area contributed by atoms with E-state index in [1.165, 1.54) is 21.3 Å². The van der Waals surface area contributed by atoms with Crippen molar-refractivity contribution in [3.05, 3.63) is 17.9 Å². The maximum atomic E-state index is 12.4. The van der Waals surface area contributed by atoms with Crippen molar-refractivity contribution in [1.29, 1.82) is 0 Å². The molecule has 1 aromatic rings. The highest BCUT2D eigenvalue weighted by Crippen LogP contribution is 2.23. The molecule has 3 heterocycles. The fourth-order valence-electron chi connectivity index (χ4n) is 3.22. The van der Waals surface area contributed by atoms with E-state index in [2.05, 4.69) is 0 Å². The molecule has 1 aromatic heterocycles. The summed E-state index contributed by atoms with van der Waals surface area (Å²) in [7, 11) is -7.52. The van der Waals surface area contributed by atoms with E-state index in [-0.39, 0.29) is 17.0 Å². The van der Waals surface area contributed by atoms with Crippen molar-refractivity contribution in [2.75, 3.05) is 38.5 Å². The fourth-order valence-corrected chi connectivity index (χ4v) is 5.92. The molecule has 0 spiro atoms. The van der Waals surface area contributed by atoms with E-state index in [9.17, 15) is 21.6 Å². The predicted octanol–water partition coefficient (Wildman–Crippen LogP) is 0.226. The van der Waals surface area contributed by atoms with Crippen LogP contribution < -0.4 is 0 Å². The van der Waals surface area contributed by atoms with Crippen molar-refractivity contribution in [1.82, 2.24) is 9.21 Å². The molecule has 1 unspecified atom stereocenters. The standard InChI is InChI=1S/C16H24N2O7S2/c1-13-10-17(8-9-24-13)15(19)12-26(20,21)11-14-4-5-16(25-14)27(22,23)18-6-2-3-7-18/h4-5,13H,2-3,6-12H2,1H3. The van der Waals surface area contributed by atoms with Crippen LogP contribution in [0.3, 0.4) is 0 Å². The number of rotatable bonds is 6. The second kappa shape index (κ2) is 7.90. The van der Waals surface area contributed by atoms with Crippen LogP contribution in [0.15, 0.2) is 21.6 Å². The van der Waals surface area contributed by atoms with E-state index < -0.39 is 37.3 Å². The van der Waals surface area contributed by atoms with Gasteiger partial charge in [0.1, 0.15) is 17.3 Å². The third-order valence-corrected chi connectivity index (χ3v) is 7.78. The van der Waals surface area contributed by atoms with Gasteiger partial charge in [0, 0.05) is 26.2 Å². The second-order valence-electron chi connectivity index (χ2n) is 6.89. The lowest BCUT2D eigenvalue weighted by Gasteiger charge is -2.31. The SMILES string of the molecule is CC1CN(C(=O)CS(=O)(=O)Cc2ccc(S(=O)(=O)N3CCCC3)o2)CCO1. The lowest BCUT2D eigenvalue weighted by atomic mass is 10.3. The Bertz CT molecular complexity index is 886. The first-order valence-corrected chi connectivity index (χ1v) is 12.1. The first-order valence-electron chi connectivity index (χ1n) is 8.86. The summed E-state index contributed by atoms with van der Waals surface area (Å²) in [6, 6.07) is 2.60. The van der Waals surface area contributed by atoms with Gasteiger partial charge in [0.2, 0.25) is 11.0 Å². The number of hydrogen-bond acceptors (Lipinski definition) is 7. The van der Waals surface area contributed by atoms with Crippen LogP contribution in [0.5, 0.6) is 0 Å². The number of sulfone groups is 1. The number of furan rings is 1. The number of carbonyl (C=O) groups excluding carboxylic acids is 1. The molecular weight excluding hydrogens is 396 g/mol. The Morgan fingerprint density at radius 1 is 1.15 bits per heavy atom. The van der Waals surface area contributed by atoms with Crippen LogP contribution in [0, 0.1) is 0 Å². The highest BCUT2D eigenvalue weighted by Gasteiger charge is 2.31. The molecule has 2 aliphatic rings. The average Bonchev–Trinajstić information content (AvgIpc) is 3.26. The Morgan fingerprint density at radius 2 is 1.85 bits per heavy atom. The fraction of sp³-hybridized carbons (Fsp3) is 0.688. The Morgan fingerprint density at radius 3 is 2.52 bits per heavy atom. The Kier molecular flexibility index (Phi) is 5.94. The van der Waals surface area contributed by atoms with Crippen molar-refractivity contribution in [3.8, 4) is 0 Å². The van der Waals surface area contributed by atoms with Gasteiger partial charge in [0.15, 0.2) is 9.84 Å². The molecule has 152 valence electrons. The van der Waals surface area contributed by atoms with Gasteiger partial charge < -0.3 is 14.1 Å². The van der Waals surface area contributed by atoms with Crippen LogP contribution in [-0.2, 0) is 35.1 Å². The molecule has 0 saturated carbocycles. The Balaban J connectivity index is 1.64. The molecule has 0 aromatic carbocycles. The molecule has 0 N–H and O–H groups in total. The molecule has 0 bridgehead atoms. The van der Waals surface area contributed by atoms with Crippen LogP contribution >= 0.6 is 0 Å². The van der Waals surface area contributed by atoms with E-state index in [1.807, 2.05) is 6.92 Å². The van der Waals surface area contributed by atoms with E-state index in [0.29, 0.717) is 32.8 Å². The van der Waals surface area contributed by atoms with Crippen LogP contribution in [0.25, 0.3) is 0 Å². The van der Waals surface area contributed by atoms with Crippen LogP contribution in [0.1, 0.15) is 25.5 Å². The number of sulfonamides is 1. The zero-order chi connectivity index (χ0) is 19.7. The van der Waals surface area contributed by atoms with Crippen molar-refractivity contribution in [2.45, 2.75) is 36.7 Å². The molecule has 2 saturated heterocycles. The number of hydrogen-bond donors (Lipinski definition) is 0. The molecule has 2 aliphatic heterocycles. The molecule has 0 radical (unpaired) electrons. The minimum Gasteiger partial charge on any atom is -0.447 e. The molecule has 9 nitrogen and oxygen atoms in total. The molecule has 3 rings (SSSR count). The lowest BCUT2D eigenvalue weighted by molar-refractivity contribution is -0.135. The van der Waals surface area contributed by atoms with Gasteiger partial charge in [-0.05, 0) is 31.9 Å². The van der Waals surface area contributed by atoms with Crippen LogP contribution in [0.2, 0.25) is 0 Å². The summed E-state index contributed by atoms with van der Waals surface area (Å²) in [6.45, 7) is 3.78. The summed E-state index contributed by atoms with van der Waals surface area (Å²) >= 11 is 0. The summed E-state index contributed by atoms with van der Waals surface area (Å²) < 4.78 is 61.5. The van der Waals surface area contributed by atoms with Gasteiger partial charge in [-0.2, -0.15) is 4.31 Å². The number of morpholine rings is 1. The van der Waals surface area contributed by atoms with Gasteiger partial charge in [-0.15, -0.1) is 0 Å². The van der Waals surface area contributed by atoms with Gasteiger partial charge in [0.25, 0.3) is 10.0 Å². The first kappa shape index (κ1) is 20.3. The maximum Gasteiger partial charge on any atom is 0.276 e. The Labute approximate surface area is 159 Å². The summed E-state index contributed by atoms with van der Waals surface area (Å²) in [4.78, 5) is 13.7. The first-order chi connectivity index (χ1) is 12.7. The molecule has 2 fully saturated rings. The summed E-state index contributed by atoms with van der Waals surface area (Å²) in [5.41, 5.74) is 0. The van der Waals surface area contributed by atoms with Crippen molar-refractivity contribution in [2.24, 2.45) is 0 Å². The predicted molar refractivity (Wildman–Crippen MR) is 96.2 cm³/mol. The quantitative estimate of drug-likeness (QED) is 0.647. The summed E-state index contributed by atoms with van der Waals surface area (Å²) in [5, 5.41) is -0.261. The number of carbonyl (C=O) groups is 1. The zero-order valence-electron chi connectivity index (χ0n) is 15.2. The van der Waals surface area contributed by atoms with Gasteiger partial charge in [0.05, 0.1) is 12.7 Å². The molecular formula is C16H24N2O7S2. The third kappa shape index (κ3) is 4.89. The van der Waals surface area contributed by atoms with Gasteiger partial charge in [-0.25, -0.2) is 16.8 Å². The van der Waals surface area contributed by atoms with E-state index >= 15 is 0 Å². The topological polar surface area (TPSA) is 114 Å². The molecule has 11 heteroatoms. The highest BCUT2D eigenvalue weighted by atomic mass is 32.2. The number of amides is 1. The minimum absolute atomic E-state index is 0.0101. The molecule has 1 amide bonds. The van der Waals surface area contributed by atoms with Gasteiger partial charge in [-0.3, -0.25) is 4.79 Å². The smallest absolute Gasteiger partial charge is 0.276 e. The number of ether oxygens (including phenoxy) is 1. The largest absolute Gasteiger partial charge is 0.447 e. The van der Waals surface area contributed by atoms with Gasteiger partial charge in [-0.1, -0.05) is 0 Å². The minimum atomic E-state index is -3.79. The lowest BCUT2D eigenvalue weighted by Crippen LogP contribution is -2.46.